The van der Waals surface area contributed by atoms with Crippen LogP contribution in [0.4, 0.5) is 0 Å². The van der Waals surface area contributed by atoms with E-state index in [-0.39, 0.29) is 29.1 Å². The summed E-state index contributed by atoms with van der Waals surface area (Å²) in [5.41, 5.74) is -0.749. The number of fused-ring (bicyclic) bond motifs is 2. The van der Waals surface area contributed by atoms with E-state index in [1.807, 2.05) is 20.8 Å². The van der Waals surface area contributed by atoms with Crippen molar-refractivity contribution in [3.63, 3.8) is 0 Å². The summed E-state index contributed by atoms with van der Waals surface area (Å²) in [7, 11) is 1.58. The molecule has 1 aliphatic heterocycles. The van der Waals surface area contributed by atoms with E-state index in [1.165, 1.54) is 4.90 Å². The molecule has 0 aromatic heterocycles. The Hall–Kier alpha value is -1.43. The van der Waals surface area contributed by atoms with Gasteiger partial charge in [0.15, 0.2) is 0 Å². The summed E-state index contributed by atoms with van der Waals surface area (Å²) in [6.07, 6.45) is 2.36. The summed E-state index contributed by atoms with van der Waals surface area (Å²) in [5.74, 6) is -0.287. The standard InChI is InChI=1S/C17H28N2O4/c1-16(2)12-7-8-17(16,3)15(22)19(14(12)21)10-5-6-13(20)18-9-11-23-4/h12H,5-11H2,1-4H3,(H,18,20). The fourth-order valence-corrected chi connectivity index (χ4v) is 3.89. The van der Waals surface area contributed by atoms with Crippen molar-refractivity contribution in [2.24, 2.45) is 16.7 Å². The van der Waals surface area contributed by atoms with E-state index in [4.69, 9.17) is 4.74 Å². The molecule has 130 valence electrons. The molecule has 0 aromatic rings. The number of nitrogens with one attached hydrogen (secondary N) is 1. The van der Waals surface area contributed by atoms with Crippen molar-refractivity contribution in [2.45, 2.75) is 46.5 Å². The highest BCUT2D eigenvalue weighted by Gasteiger charge is 2.64. The van der Waals surface area contributed by atoms with Gasteiger partial charge in [0.05, 0.1) is 12.0 Å². The van der Waals surface area contributed by atoms with Gasteiger partial charge < -0.3 is 10.1 Å². The van der Waals surface area contributed by atoms with Crippen LogP contribution < -0.4 is 5.32 Å². The molecule has 1 saturated heterocycles. The van der Waals surface area contributed by atoms with Gasteiger partial charge in [0, 0.05) is 32.5 Å². The minimum absolute atomic E-state index is 0.0604. The SMILES string of the molecule is COCCNC(=O)CCCN1C(=O)C2CCC(C)(C1=O)C2(C)C. The molecule has 2 bridgehead atoms. The minimum atomic E-state index is -0.466. The first-order chi connectivity index (χ1) is 10.8. The zero-order chi connectivity index (χ0) is 17.3. The lowest BCUT2D eigenvalue weighted by molar-refractivity contribution is -0.168. The maximum Gasteiger partial charge on any atom is 0.235 e. The highest BCUT2D eigenvalue weighted by atomic mass is 16.5. The van der Waals surface area contributed by atoms with Crippen LogP contribution in [0.1, 0.15) is 46.5 Å². The van der Waals surface area contributed by atoms with E-state index >= 15 is 0 Å². The fraction of sp³-hybridized carbons (Fsp3) is 0.824. The average molecular weight is 324 g/mol. The first-order valence-corrected chi connectivity index (χ1v) is 8.37. The predicted molar refractivity (Wildman–Crippen MR) is 85.5 cm³/mol. The van der Waals surface area contributed by atoms with E-state index in [1.54, 1.807) is 7.11 Å². The summed E-state index contributed by atoms with van der Waals surface area (Å²) in [4.78, 5) is 38.5. The number of ether oxygens (including phenoxy) is 1. The highest BCUT2D eigenvalue weighted by Crippen LogP contribution is 2.59. The number of methoxy groups -OCH3 is 1. The van der Waals surface area contributed by atoms with Crippen LogP contribution in [-0.4, -0.2) is 49.4 Å². The van der Waals surface area contributed by atoms with Crippen LogP contribution in [0.3, 0.4) is 0 Å². The first kappa shape index (κ1) is 17.9. The van der Waals surface area contributed by atoms with Crippen molar-refractivity contribution in [3.8, 4) is 0 Å². The molecule has 6 nitrogen and oxygen atoms in total. The third-order valence-corrected chi connectivity index (χ3v) is 5.92. The Labute approximate surface area is 137 Å². The molecule has 2 atom stereocenters. The minimum Gasteiger partial charge on any atom is -0.383 e. The summed E-state index contributed by atoms with van der Waals surface area (Å²) < 4.78 is 4.87. The number of nitrogens with zero attached hydrogens (tertiary/aromatic N) is 1. The maximum absolute atomic E-state index is 12.8. The van der Waals surface area contributed by atoms with E-state index in [0.29, 0.717) is 32.5 Å². The molecular formula is C17H28N2O4. The Balaban J connectivity index is 1.91. The van der Waals surface area contributed by atoms with Crippen molar-refractivity contribution < 1.29 is 19.1 Å². The molecule has 1 saturated carbocycles. The van der Waals surface area contributed by atoms with E-state index in [2.05, 4.69) is 5.32 Å². The number of carbonyl (C=O) groups is 3. The molecule has 0 spiro atoms. The van der Waals surface area contributed by atoms with Crippen LogP contribution in [0.5, 0.6) is 0 Å². The lowest BCUT2D eigenvalue weighted by Gasteiger charge is -2.47. The molecule has 6 heteroatoms. The van der Waals surface area contributed by atoms with Gasteiger partial charge in [0.25, 0.3) is 0 Å². The Morgan fingerprint density at radius 2 is 2.04 bits per heavy atom. The molecule has 23 heavy (non-hydrogen) atoms. The molecule has 0 radical (unpaired) electrons. The normalized spacial score (nSPS) is 29.0. The predicted octanol–water partition coefficient (Wildman–Crippen LogP) is 1.34. The lowest BCUT2D eigenvalue weighted by Crippen LogP contribution is -2.59. The third-order valence-electron chi connectivity index (χ3n) is 5.92. The Morgan fingerprint density at radius 1 is 1.35 bits per heavy atom. The molecule has 1 aliphatic carbocycles. The van der Waals surface area contributed by atoms with Crippen molar-refractivity contribution in [1.29, 1.82) is 0 Å². The van der Waals surface area contributed by atoms with E-state index in [0.717, 1.165) is 12.8 Å². The van der Waals surface area contributed by atoms with Gasteiger partial charge in [-0.05, 0) is 24.7 Å². The summed E-state index contributed by atoms with van der Waals surface area (Å²) >= 11 is 0. The summed E-state index contributed by atoms with van der Waals surface area (Å²) in [6, 6.07) is 0. The Morgan fingerprint density at radius 3 is 2.70 bits per heavy atom. The number of hydrogen-bond donors (Lipinski definition) is 1. The van der Waals surface area contributed by atoms with Crippen LogP contribution in [0.25, 0.3) is 0 Å². The van der Waals surface area contributed by atoms with Crippen LogP contribution in [-0.2, 0) is 19.1 Å². The maximum atomic E-state index is 12.8. The van der Waals surface area contributed by atoms with Gasteiger partial charge in [-0.2, -0.15) is 0 Å². The van der Waals surface area contributed by atoms with E-state index in [9.17, 15) is 14.4 Å². The third kappa shape index (κ3) is 3.01. The van der Waals surface area contributed by atoms with Crippen molar-refractivity contribution >= 4 is 17.7 Å². The molecular weight excluding hydrogens is 296 g/mol. The number of hydrogen-bond acceptors (Lipinski definition) is 4. The number of rotatable bonds is 7. The van der Waals surface area contributed by atoms with E-state index < -0.39 is 5.41 Å². The molecule has 0 aromatic carbocycles. The van der Waals surface area contributed by atoms with Crippen molar-refractivity contribution in [2.75, 3.05) is 26.8 Å². The zero-order valence-electron chi connectivity index (χ0n) is 14.6. The van der Waals surface area contributed by atoms with Crippen molar-refractivity contribution in [1.82, 2.24) is 10.2 Å². The number of carbonyl (C=O) groups excluding carboxylic acids is 3. The monoisotopic (exact) mass is 324 g/mol. The zero-order valence-corrected chi connectivity index (χ0v) is 14.6. The van der Waals surface area contributed by atoms with Crippen LogP contribution >= 0.6 is 0 Å². The number of piperidine rings is 1. The summed E-state index contributed by atoms with van der Waals surface area (Å²) in [5, 5.41) is 2.74. The highest BCUT2D eigenvalue weighted by molar-refractivity contribution is 6.03. The molecule has 2 unspecified atom stereocenters. The second-order valence-corrected chi connectivity index (χ2v) is 7.39. The van der Waals surface area contributed by atoms with Gasteiger partial charge >= 0.3 is 0 Å². The number of amides is 3. The van der Waals surface area contributed by atoms with Gasteiger partial charge in [0.2, 0.25) is 17.7 Å². The van der Waals surface area contributed by atoms with Crippen LogP contribution in [0, 0.1) is 16.7 Å². The largest absolute Gasteiger partial charge is 0.383 e. The lowest BCUT2D eigenvalue weighted by atomic mass is 9.62. The molecule has 1 heterocycles. The molecule has 2 aliphatic rings. The number of likely N-dealkylation sites (tertiary alicyclic amines) is 1. The second kappa shape index (κ2) is 6.59. The van der Waals surface area contributed by atoms with Gasteiger partial charge in [0.1, 0.15) is 0 Å². The van der Waals surface area contributed by atoms with Gasteiger partial charge in [-0.15, -0.1) is 0 Å². The topological polar surface area (TPSA) is 75.7 Å². The first-order valence-electron chi connectivity index (χ1n) is 8.37. The van der Waals surface area contributed by atoms with Gasteiger partial charge in [-0.1, -0.05) is 20.8 Å². The summed E-state index contributed by atoms with van der Waals surface area (Å²) in [6.45, 7) is 7.32. The molecule has 1 N–H and O–H groups in total. The second-order valence-electron chi connectivity index (χ2n) is 7.39. The van der Waals surface area contributed by atoms with Crippen LogP contribution in [0.2, 0.25) is 0 Å². The molecule has 2 fully saturated rings. The Bertz CT molecular complexity index is 503. The van der Waals surface area contributed by atoms with Gasteiger partial charge in [-0.3, -0.25) is 19.3 Å². The van der Waals surface area contributed by atoms with Gasteiger partial charge in [-0.25, -0.2) is 0 Å². The molecule has 3 amide bonds. The van der Waals surface area contributed by atoms with Crippen LogP contribution in [0.15, 0.2) is 0 Å². The Kier molecular flexibility index (Phi) is 5.14. The number of imide groups is 1. The average Bonchev–Trinajstić information content (AvgIpc) is 2.68. The smallest absolute Gasteiger partial charge is 0.235 e. The van der Waals surface area contributed by atoms with Crippen molar-refractivity contribution in [3.05, 3.63) is 0 Å². The fourth-order valence-electron chi connectivity index (χ4n) is 3.89. The quantitative estimate of drug-likeness (QED) is 0.566. The molecule has 2 rings (SSSR count).